The molecule has 1 saturated heterocycles. The van der Waals surface area contributed by atoms with Gasteiger partial charge in [0.25, 0.3) is 0 Å². The van der Waals surface area contributed by atoms with E-state index in [9.17, 15) is 4.79 Å². The second-order valence-corrected chi connectivity index (χ2v) is 6.09. The molecule has 0 radical (unpaired) electrons. The van der Waals surface area contributed by atoms with Gasteiger partial charge in [0.1, 0.15) is 5.75 Å². The van der Waals surface area contributed by atoms with Crippen LogP contribution in [-0.2, 0) is 17.8 Å². The van der Waals surface area contributed by atoms with E-state index >= 15 is 0 Å². The summed E-state index contributed by atoms with van der Waals surface area (Å²) in [6.45, 7) is 2.80. The van der Waals surface area contributed by atoms with E-state index in [0.717, 1.165) is 44.7 Å². The van der Waals surface area contributed by atoms with Crippen molar-refractivity contribution in [2.24, 2.45) is 0 Å². The lowest BCUT2D eigenvalue weighted by atomic mass is 9.97. The van der Waals surface area contributed by atoms with Crippen LogP contribution in [0.2, 0.25) is 0 Å². The monoisotopic (exact) mass is 289 g/mol. The Balaban J connectivity index is 1.65. The van der Waals surface area contributed by atoms with Crippen molar-refractivity contribution in [3.05, 3.63) is 29.3 Å². The normalized spacial score (nSPS) is 21.8. The van der Waals surface area contributed by atoms with Gasteiger partial charge in [-0.15, -0.1) is 0 Å². The number of hydrogen-bond acceptors (Lipinski definition) is 3. The van der Waals surface area contributed by atoms with Crippen LogP contribution in [0.3, 0.4) is 0 Å². The minimum Gasteiger partial charge on any atom is -0.493 e. The molecule has 114 valence electrons. The number of carboxylic acid groups (broad SMARTS) is 1. The van der Waals surface area contributed by atoms with Gasteiger partial charge < -0.3 is 9.84 Å². The third kappa shape index (κ3) is 3.56. The fourth-order valence-corrected chi connectivity index (χ4v) is 3.46. The highest BCUT2D eigenvalue weighted by Gasteiger charge is 2.23. The fraction of sp³-hybridized carbons (Fsp3) is 0.588. The van der Waals surface area contributed by atoms with Crippen molar-refractivity contribution in [2.75, 3.05) is 13.2 Å². The van der Waals surface area contributed by atoms with E-state index in [2.05, 4.69) is 23.1 Å². The Kier molecular flexibility index (Phi) is 4.44. The molecule has 0 spiro atoms. The maximum Gasteiger partial charge on any atom is 0.303 e. The zero-order valence-corrected chi connectivity index (χ0v) is 12.4. The lowest BCUT2D eigenvalue weighted by Crippen LogP contribution is -2.39. The minimum absolute atomic E-state index is 0.277. The summed E-state index contributed by atoms with van der Waals surface area (Å²) in [7, 11) is 0. The van der Waals surface area contributed by atoms with Crippen LogP contribution in [-0.4, -0.2) is 35.2 Å². The van der Waals surface area contributed by atoms with E-state index in [4.69, 9.17) is 9.84 Å². The molecule has 2 aliphatic rings. The van der Waals surface area contributed by atoms with Crippen molar-refractivity contribution in [2.45, 2.75) is 51.1 Å². The number of ether oxygens (including phenoxy) is 1. The van der Waals surface area contributed by atoms with Gasteiger partial charge in [0, 0.05) is 25.4 Å². The maximum atomic E-state index is 10.8. The molecule has 0 bridgehead atoms. The Morgan fingerprint density at radius 3 is 3.14 bits per heavy atom. The van der Waals surface area contributed by atoms with Gasteiger partial charge in [-0.1, -0.05) is 18.6 Å². The largest absolute Gasteiger partial charge is 0.493 e. The molecule has 1 aromatic carbocycles. The molecule has 0 amide bonds. The number of nitrogens with zero attached hydrogens (tertiary/aromatic N) is 1. The van der Waals surface area contributed by atoms with Crippen LogP contribution in [0.15, 0.2) is 18.2 Å². The van der Waals surface area contributed by atoms with Crippen molar-refractivity contribution in [1.82, 2.24) is 4.90 Å². The lowest BCUT2D eigenvalue weighted by Gasteiger charge is -2.35. The summed E-state index contributed by atoms with van der Waals surface area (Å²) >= 11 is 0. The van der Waals surface area contributed by atoms with E-state index in [1.54, 1.807) is 0 Å². The summed E-state index contributed by atoms with van der Waals surface area (Å²) in [6, 6.07) is 6.89. The van der Waals surface area contributed by atoms with Crippen LogP contribution in [0.1, 0.15) is 43.2 Å². The Bertz CT molecular complexity index is 515. The summed E-state index contributed by atoms with van der Waals surface area (Å²) in [6.07, 6.45) is 5.62. The van der Waals surface area contributed by atoms with E-state index in [-0.39, 0.29) is 6.42 Å². The predicted molar refractivity (Wildman–Crippen MR) is 80.6 cm³/mol. The Labute approximate surface area is 125 Å². The molecular weight excluding hydrogens is 266 g/mol. The van der Waals surface area contributed by atoms with E-state index in [0.29, 0.717) is 6.04 Å². The van der Waals surface area contributed by atoms with Crippen LogP contribution in [0.4, 0.5) is 0 Å². The standard InChI is InChI=1S/C17H23NO3/c19-17(20)7-5-15-3-1-2-9-18(15)12-13-4-6-16-14(11-13)8-10-21-16/h4,6,11,15H,1-3,5,7-10,12H2,(H,19,20). The first-order valence-electron chi connectivity index (χ1n) is 7.93. The summed E-state index contributed by atoms with van der Waals surface area (Å²) in [4.78, 5) is 13.3. The first-order chi connectivity index (χ1) is 10.2. The molecule has 4 nitrogen and oxygen atoms in total. The predicted octanol–water partition coefficient (Wildman–Crippen LogP) is 2.84. The molecule has 1 N–H and O–H groups in total. The smallest absolute Gasteiger partial charge is 0.303 e. The zero-order chi connectivity index (χ0) is 14.7. The molecule has 0 aliphatic carbocycles. The summed E-state index contributed by atoms with van der Waals surface area (Å²) in [5.41, 5.74) is 2.63. The van der Waals surface area contributed by atoms with Crippen LogP contribution in [0.5, 0.6) is 5.75 Å². The van der Waals surface area contributed by atoms with Crippen molar-refractivity contribution < 1.29 is 14.6 Å². The molecule has 1 fully saturated rings. The second-order valence-electron chi connectivity index (χ2n) is 6.09. The number of fused-ring (bicyclic) bond motifs is 1. The van der Waals surface area contributed by atoms with Crippen LogP contribution < -0.4 is 4.74 Å². The summed E-state index contributed by atoms with van der Waals surface area (Å²) in [5.74, 6) is 0.343. The average Bonchev–Trinajstić information content (AvgIpc) is 2.94. The van der Waals surface area contributed by atoms with E-state index in [1.807, 2.05) is 0 Å². The Morgan fingerprint density at radius 1 is 1.38 bits per heavy atom. The molecule has 21 heavy (non-hydrogen) atoms. The minimum atomic E-state index is -0.685. The number of carbonyl (C=O) groups is 1. The number of likely N-dealkylation sites (tertiary alicyclic amines) is 1. The molecular formula is C17H23NO3. The average molecular weight is 289 g/mol. The van der Waals surface area contributed by atoms with Crippen molar-refractivity contribution >= 4 is 5.97 Å². The van der Waals surface area contributed by atoms with Gasteiger partial charge in [-0.2, -0.15) is 0 Å². The van der Waals surface area contributed by atoms with Gasteiger partial charge in [-0.25, -0.2) is 0 Å². The van der Waals surface area contributed by atoms with Gasteiger partial charge in [-0.3, -0.25) is 9.69 Å². The molecule has 2 aliphatic heterocycles. The molecule has 0 saturated carbocycles. The molecule has 1 aromatic rings. The lowest BCUT2D eigenvalue weighted by molar-refractivity contribution is -0.137. The van der Waals surface area contributed by atoms with Crippen LogP contribution in [0.25, 0.3) is 0 Å². The third-order valence-electron chi connectivity index (χ3n) is 4.58. The van der Waals surface area contributed by atoms with Crippen molar-refractivity contribution in [3.63, 3.8) is 0 Å². The quantitative estimate of drug-likeness (QED) is 0.905. The summed E-state index contributed by atoms with van der Waals surface area (Å²) < 4.78 is 5.55. The highest BCUT2D eigenvalue weighted by atomic mass is 16.5. The topological polar surface area (TPSA) is 49.8 Å². The number of carboxylic acids is 1. The van der Waals surface area contributed by atoms with Crippen molar-refractivity contribution in [3.8, 4) is 5.75 Å². The third-order valence-corrected chi connectivity index (χ3v) is 4.58. The van der Waals surface area contributed by atoms with E-state index in [1.165, 1.54) is 24.0 Å². The van der Waals surface area contributed by atoms with Crippen molar-refractivity contribution in [1.29, 1.82) is 0 Å². The molecule has 1 unspecified atom stereocenters. The molecule has 2 heterocycles. The zero-order valence-electron chi connectivity index (χ0n) is 12.4. The number of benzene rings is 1. The SMILES string of the molecule is O=C(O)CCC1CCCCN1Cc1ccc2c(c1)CCO2. The molecule has 4 heteroatoms. The number of aliphatic carboxylic acids is 1. The van der Waals surface area contributed by atoms with Gasteiger partial charge in [-0.05, 0) is 43.0 Å². The Hall–Kier alpha value is -1.55. The second kappa shape index (κ2) is 6.48. The number of rotatable bonds is 5. The number of piperidine rings is 1. The molecule has 0 aromatic heterocycles. The van der Waals surface area contributed by atoms with Gasteiger partial charge >= 0.3 is 5.97 Å². The van der Waals surface area contributed by atoms with Crippen LogP contribution >= 0.6 is 0 Å². The Morgan fingerprint density at radius 2 is 2.29 bits per heavy atom. The number of hydrogen-bond donors (Lipinski definition) is 1. The summed E-state index contributed by atoms with van der Waals surface area (Å²) in [5, 5.41) is 8.89. The highest BCUT2D eigenvalue weighted by Crippen LogP contribution is 2.28. The first-order valence-corrected chi connectivity index (χ1v) is 7.93. The van der Waals surface area contributed by atoms with Gasteiger partial charge in [0.05, 0.1) is 6.61 Å². The molecule has 1 atom stereocenters. The van der Waals surface area contributed by atoms with E-state index < -0.39 is 5.97 Å². The van der Waals surface area contributed by atoms with Gasteiger partial charge in [0.2, 0.25) is 0 Å². The van der Waals surface area contributed by atoms with Gasteiger partial charge in [0.15, 0.2) is 0 Å². The first kappa shape index (κ1) is 14.4. The highest BCUT2D eigenvalue weighted by molar-refractivity contribution is 5.66. The fourth-order valence-electron chi connectivity index (χ4n) is 3.46. The molecule has 3 rings (SSSR count). The van der Waals surface area contributed by atoms with Crippen LogP contribution in [0, 0.1) is 0 Å². The maximum absolute atomic E-state index is 10.8.